The van der Waals surface area contributed by atoms with Crippen molar-refractivity contribution < 1.29 is 22.8 Å². The maximum atomic E-state index is 13.8. The van der Waals surface area contributed by atoms with Crippen LogP contribution < -0.4 is 9.47 Å². The average molecular weight is 375 g/mol. The molecule has 2 aromatic carbocycles. The Morgan fingerprint density at radius 1 is 1.07 bits per heavy atom. The smallest absolute Gasteiger partial charge is 0.240 e. The summed E-state index contributed by atoms with van der Waals surface area (Å²) in [4.78, 5) is 6.17. The zero-order valence-electron chi connectivity index (χ0n) is 15.0. The van der Waals surface area contributed by atoms with Crippen molar-refractivity contribution in [3.8, 4) is 11.5 Å². The summed E-state index contributed by atoms with van der Waals surface area (Å²) in [5.41, 5.74) is 0.801. The Bertz CT molecular complexity index is 884. The minimum Gasteiger partial charge on any atom is -0.494 e. The minimum absolute atomic E-state index is 0.114. The quantitative estimate of drug-likeness (QED) is 0.600. The molecule has 0 aliphatic carbocycles. The monoisotopic (exact) mass is 375 g/mol. The molecule has 0 unspecified atom stereocenters. The van der Waals surface area contributed by atoms with Crippen LogP contribution >= 0.6 is 0 Å². The highest BCUT2D eigenvalue weighted by Crippen LogP contribution is 2.19. The van der Waals surface area contributed by atoms with E-state index in [9.17, 15) is 8.78 Å². The Kier molecular flexibility index (Phi) is 5.97. The molecule has 0 bridgehead atoms. The molecule has 142 valence electrons. The standard InChI is InChI=1S/C19H19F2N3O3/c1-24(10-13-3-8-17(25-2)16(21)9-13)11-19-22-18(23-27-19)12-26-15-6-4-14(20)5-7-15/h3-9H,10-12H2,1-2H3. The number of methoxy groups -OCH3 is 1. The van der Waals surface area contributed by atoms with Gasteiger partial charge in [0.05, 0.1) is 13.7 Å². The molecule has 0 aliphatic heterocycles. The Morgan fingerprint density at radius 2 is 1.85 bits per heavy atom. The Morgan fingerprint density at radius 3 is 2.56 bits per heavy atom. The third-order valence-corrected chi connectivity index (χ3v) is 3.77. The highest BCUT2D eigenvalue weighted by Gasteiger charge is 2.11. The van der Waals surface area contributed by atoms with Gasteiger partial charge in [-0.15, -0.1) is 0 Å². The van der Waals surface area contributed by atoms with Crippen LogP contribution in [0.1, 0.15) is 17.3 Å². The Hall–Kier alpha value is -3.00. The zero-order valence-corrected chi connectivity index (χ0v) is 15.0. The number of nitrogens with zero attached hydrogens (tertiary/aromatic N) is 3. The van der Waals surface area contributed by atoms with E-state index >= 15 is 0 Å². The predicted octanol–water partition coefficient (Wildman–Crippen LogP) is 3.57. The molecule has 0 amide bonds. The molecule has 0 radical (unpaired) electrons. The first-order valence-corrected chi connectivity index (χ1v) is 8.24. The third-order valence-electron chi connectivity index (χ3n) is 3.77. The summed E-state index contributed by atoms with van der Waals surface area (Å²) in [6, 6.07) is 10.5. The summed E-state index contributed by atoms with van der Waals surface area (Å²) in [7, 11) is 3.29. The second-order valence-electron chi connectivity index (χ2n) is 5.99. The van der Waals surface area contributed by atoms with Crippen LogP contribution in [0.3, 0.4) is 0 Å². The van der Waals surface area contributed by atoms with Gasteiger partial charge in [0, 0.05) is 6.54 Å². The van der Waals surface area contributed by atoms with Gasteiger partial charge in [-0.3, -0.25) is 4.90 Å². The second kappa shape index (κ2) is 8.59. The van der Waals surface area contributed by atoms with Crippen molar-refractivity contribution in [3.63, 3.8) is 0 Å². The van der Waals surface area contributed by atoms with Gasteiger partial charge in [0.25, 0.3) is 0 Å². The summed E-state index contributed by atoms with van der Waals surface area (Å²) in [6.45, 7) is 1.02. The zero-order chi connectivity index (χ0) is 19.2. The summed E-state index contributed by atoms with van der Waals surface area (Å²) in [5.74, 6) is 0.804. The van der Waals surface area contributed by atoms with Crippen LogP contribution in [0.5, 0.6) is 11.5 Å². The summed E-state index contributed by atoms with van der Waals surface area (Å²) < 4.78 is 42.2. The van der Waals surface area contributed by atoms with E-state index in [-0.39, 0.29) is 18.2 Å². The van der Waals surface area contributed by atoms with Gasteiger partial charge in [-0.1, -0.05) is 11.2 Å². The first kappa shape index (κ1) is 18.8. The van der Waals surface area contributed by atoms with Crippen LogP contribution in [0.2, 0.25) is 0 Å². The number of rotatable bonds is 8. The minimum atomic E-state index is -0.401. The number of hydrogen-bond donors (Lipinski definition) is 0. The summed E-state index contributed by atoms with van der Waals surface area (Å²) in [5, 5.41) is 3.86. The van der Waals surface area contributed by atoms with E-state index in [0.29, 0.717) is 30.6 Å². The van der Waals surface area contributed by atoms with Crippen LogP contribution in [0.15, 0.2) is 47.0 Å². The van der Waals surface area contributed by atoms with E-state index in [1.54, 1.807) is 12.1 Å². The molecular weight excluding hydrogens is 356 g/mol. The highest BCUT2D eigenvalue weighted by molar-refractivity contribution is 5.29. The van der Waals surface area contributed by atoms with Crippen molar-refractivity contribution in [2.45, 2.75) is 19.7 Å². The van der Waals surface area contributed by atoms with Crippen molar-refractivity contribution in [2.75, 3.05) is 14.2 Å². The Labute approximate surface area is 155 Å². The number of halogens is 2. The lowest BCUT2D eigenvalue weighted by Crippen LogP contribution is -2.17. The van der Waals surface area contributed by atoms with Crippen LogP contribution in [-0.4, -0.2) is 29.2 Å². The average Bonchev–Trinajstić information content (AvgIpc) is 3.08. The predicted molar refractivity (Wildman–Crippen MR) is 93.2 cm³/mol. The van der Waals surface area contributed by atoms with Gasteiger partial charge in [-0.25, -0.2) is 8.78 Å². The molecule has 0 N–H and O–H groups in total. The molecule has 0 saturated heterocycles. The van der Waals surface area contributed by atoms with Gasteiger partial charge in [-0.05, 0) is 49.0 Å². The molecule has 0 spiro atoms. The maximum absolute atomic E-state index is 13.8. The van der Waals surface area contributed by atoms with Gasteiger partial charge >= 0.3 is 0 Å². The third kappa shape index (κ3) is 5.24. The van der Waals surface area contributed by atoms with E-state index in [0.717, 1.165) is 5.56 Å². The lowest BCUT2D eigenvalue weighted by molar-refractivity contribution is 0.256. The topological polar surface area (TPSA) is 60.6 Å². The fraction of sp³-hybridized carbons (Fsp3) is 0.263. The van der Waals surface area contributed by atoms with E-state index in [1.807, 2.05) is 11.9 Å². The maximum Gasteiger partial charge on any atom is 0.240 e. The van der Waals surface area contributed by atoms with Crippen molar-refractivity contribution in [1.29, 1.82) is 0 Å². The number of ether oxygens (including phenoxy) is 2. The summed E-state index contributed by atoms with van der Waals surface area (Å²) >= 11 is 0. The van der Waals surface area contributed by atoms with Crippen molar-refractivity contribution in [1.82, 2.24) is 15.0 Å². The van der Waals surface area contributed by atoms with E-state index in [2.05, 4.69) is 10.1 Å². The molecule has 0 aliphatic rings. The van der Waals surface area contributed by atoms with Crippen LogP contribution in [0.25, 0.3) is 0 Å². The van der Waals surface area contributed by atoms with Crippen molar-refractivity contribution in [3.05, 3.63) is 71.4 Å². The highest BCUT2D eigenvalue weighted by atomic mass is 19.1. The van der Waals surface area contributed by atoms with Crippen molar-refractivity contribution in [2.24, 2.45) is 0 Å². The molecule has 8 heteroatoms. The second-order valence-corrected chi connectivity index (χ2v) is 5.99. The fourth-order valence-electron chi connectivity index (χ4n) is 2.50. The molecule has 1 heterocycles. The molecule has 0 saturated carbocycles. The van der Waals surface area contributed by atoms with Gasteiger partial charge < -0.3 is 14.0 Å². The lowest BCUT2D eigenvalue weighted by Gasteiger charge is -2.14. The SMILES string of the molecule is COc1ccc(CN(C)Cc2nc(COc3ccc(F)cc3)no2)cc1F. The molecule has 6 nitrogen and oxygen atoms in total. The largest absolute Gasteiger partial charge is 0.494 e. The molecule has 27 heavy (non-hydrogen) atoms. The summed E-state index contributed by atoms with van der Waals surface area (Å²) in [6.07, 6.45) is 0. The first-order valence-electron chi connectivity index (χ1n) is 8.24. The van der Waals surface area contributed by atoms with Crippen molar-refractivity contribution >= 4 is 0 Å². The van der Waals surface area contributed by atoms with Crippen LogP contribution in [-0.2, 0) is 19.7 Å². The fourth-order valence-corrected chi connectivity index (χ4v) is 2.50. The number of aromatic nitrogens is 2. The number of hydrogen-bond acceptors (Lipinski definition) is 6. The molecule has 3 aromatic rings. The van der Waals surface area contributed by atoms with E-state index in [1.165, 1.54) is 37.4 Å². The first-order chi connectivity index (χ1) is 13.0. The normalized spacial score (nSPS) is 11.0. The Balaban J connectivity index is 1.52. The number of benzene rings is 2. The molecule has 1 aromatic heterocycles. The van der Waals surface area contributed by atoms with Crippen LogP contribution in [0, 0.1) is 11.6 Å². The van der Waals surface area contributed by atoms with E-state index < -0.39 is 5.82 Å². The van der Waals surface area contributed by atoms with Gasteiger partial charge in [-0.2, -0.15) is 4.98 Å². The molecule has 3 rings (SSSR count). The molecule has 0 fully saturated rings. The van der Waals surface area contributed by atoms with Gasteiger partial charge in [0.15, 0.2) is 18.2 Å². The van der Waals surface area contributed by atoms with Gasteiger partial charge in [0.1, 0.15) is 11.6 Å². The van der Waals surface area contributed by atoms with Gasteiger partial charge in [0.2, 0.25) is 11.7 Å². The lowest BCUT2D eigenvalue weighted by atomic mass is 10.2. The molecular formula is C19H19F2N3O3. The molecule has 0 atom stereocenters. The van der Waals surface area contributed by atoms with E-state index in [4.69, 9.17) is 14.0 Å². The van der Waals surface area contributed by atoms with Crippen LogP contribution in [0.4, 0.5) is 8.78 Å².